The van der Waals surface area contributed by atoms with Gasteiger partial charge in [-0.05, 0) is 30.2 Å². The minimum absolute atomic E-state index is 0.155. The number of aliphatic hydroxyl groups excluding tert-OH is 1. The molecule has 2 atom stereocenters. The lowest BCUT2D eigenvalue weighted by molar-refractivity contribution is 0.190. The first-order valence-electron chi connectivity index (χ1n) is 7.48. The van der Waals surface area contributed by atoms with Gasteiger partial charge >= 0.3 is 6.03 Å². The van der Waals surface area contributed by atoms with E-state index in [1.807, 2.05) is 30.3 Å². The van der Waals surface area contributed by atoms with Crippen molar-refractivity contribution in [3.63, 3.8) is 0 Å². The van der Waals surface area contributed by atoms with E-state index >= 15 is 0 Å². The van der Waals surface area contributed by atoms with Gasteiger partial charge in [0, 0.05) is 17.3 Å². The van der Waals surface area contributed by atoms with Crippen LogP contribution in [0.3, 0.4) is 0 Å². The molecule has 0 bridgehead atoms. The van der Waals surface area contributed by atoms with Crippen LogP contribution in [0.5, 0.6) is 0 Å². The lowest BCUT2D eigenvalue weighted by atomic mass is 9.92. The smallest absolute Gasteiger partial charge is 0.319 e. The normalized spacial score (nSPS) is 12.8. The Bertz CT molecular complexity index is 742. The van der Waals surface area contributed by atoms with Gasteiger partial charge in [0.2, 0.25) is 0 Å². The molecule has 0 fully saturated rings. The number of aliphatic hydroxyl groups is 1. The Balaban J connectivity index is 2.15. The molecule has 0 spiro atoms. The number of halogens is 1. The maximum absolute atomic E-state index is 11.7. The van der Waals surface area contributed by atoms with Crippen LogP contribution >= 0.6 is 11.6 Å². The first-order valence-corrected chi connectivity index (χ1v) is 7.86. The van der Waals surface area contributed by atoms with Crippen molar-refractivity contribution in [3.05, 3.63) is 64.7 Å². The largest absolute Gasteiger partial charge is 0.392 e. The number of hydrogen-bond acceptors (Lipinski definition) is 3. The van der Waals surface area contributed by atoms with Crippen molar-refractivity contribution in [1.29, 1.82) is 5.26 Å². The summed E-state index contributed by atoms with van der Waals surface area (Å²) < 4.78 is 0. The predicted molar refractivity (Wildman–Crippen MR) is 94.1 cm³/mol. The van der Waals surface area contributed by atoms with Gasteiger partial charge in [-0.3, -0.25) is 0 Å². The third-order valence-electron chi connectivity index (χ3n) is 3.39. The molecular weight excluding hydrogens is 326 g/mol. The van der Waals surface area contributed by atoms with Crippen LogP contribution in [0, 0.1) is 11.3 Å². The maximum Gasteiger partial charge on any atom is 0.319 e. The first-order chi connectivity index (χ1) is 11.5. The molecule has 0 aliphatic carbocycles. The van der Waals surface area contributed by atoms with Crippen LogP contribution < -0.4 is 10.6 Å². The van der Waals surface area contributed by atoms with Gasteiger partial charge in [0.05, 0.1) is 18.1 Å². The number of anilines is 1. The van der Waals surface area contributed by atoms with Crippen LogP contribution in [0.1, 0.15) is 24.0 Å². The third kappa shape index (κ3) is 4.72. The number of amides is 2. The molecule has 0 saturated heterocycles. The summed E-state index contributed by atoms with van der Waals surface area (Å²) in [7, 11) is 0. The van der Waals surface area contributed by atoms with Crippen LogP contribution in [0.25, 0.3) is 0 Å². The molecule has 24 heavy (non-hydrogen) atoms. The number of hydrogen-bond donors (Lipinski definition) is 3. The van der Waals surface area contributed by atoms with E-state index in [-0.39, 0.29) is 6.54 Å². The molecule has 3 N–H and O–H groups in total. The van der Waals surface area contributed by atoms with E-state index in [1.165, 1.54) is 0 Å². The van der Waals surface area contributed by atoms with Gasteiger partial charge in [-0.15, -0.1) is 0 Å². The number of nitrogens with zero attached hydrogens (tertiary/aromatic N) is 1. The number of nitrogens with one attached hydrogen (secondary N) is 2. The van der Waals surface area contributed by atoms with Crippen LogP contribution in [0.4, 0.5) is 10.5 Å². The second kappa shape index (κ2) is 8.34. The third-order valence-corrected chi connectivity index (χ3v) is 3.72. The lowest BCUT2D eigenvalue weighted by Gasteiger charge is -2.14. The number of carbonyl (C=O) groups is 1. The molecule has 2 rings (SSSR count). The highest BCUT2D eigenvalue weighted by Gasteiger charge is 2.17. The Hall–Kier alpha value is -2.55. The van der Waals surface area contributed by atoms with Crippen LogP contribution in [-0.4, -0.2) is 23.8 Å². The SMILES string of the molecule is C[C@H](O)CNC(=O)Nc1ccc([C@H](C#N)c2ccccc2)c(Cl)c1. The fourth-order valence-electron chi connectivity index (χ4n) is 2.22. The van der Waals surface area contributed by atoms with Gasteiger partial charge in [-0.2, -0.15) is 5.26 Å². The quantitative estimate of drug-likeness (QED) is 0.776. The van der Waals surface area contributed by atoms with Gasteiger partial charge in [-0.25, -0.2) is 4.79 Å². The molecule has 0 unspecified atom stereocenters. The number of urea groups is 1. The fraction of sp³-hybridized carbons (Fsp3) is 0.222. The molecule has 5 nitrogen and oxygen atoms in total. The van der Waals surface area contributed by atoms with E-state index in [0.717, 1.165) is 5.56 Å². The Morgan fingerprint density at radius 3 is 2.58 bits per heavy atom. The highest BCUT2D eigenvalue weighted by atomic mass is 35.5. The molecular formula is C18H18ClN3O2. The molecule has 0 aliphatic heterocycles. The summed E-state index contributed by atoms with van der Waals surface area (Å²) in [5.74, 6) is -0.475. The van der Waals surface area contributed by atoms with E-state index in [0.29, 0.717) is 16.3 Å². The van der Waals surface area contributed by atoms with E-state index in [1.54, 1.807) is 25.1 Å². The Labute approximate surface area is 145 Å². The van der Waals surface area contributed by atoms with E-state index < -0.39 is 18.1 Å². The molecule has 0 radical (unpaired) electrons. The molecule has 124 valence electrons. The van der Waals surface area contributed by atoms with Gasteiger partial charge < -0.3 is 15.7 Å². The van der Waals surface area contributed by atoms with Crippen molar-refractivity contribution in [2.45, 2.75) is 18.9 Å². The number of carbonyl (C=O) groups excluding carboxylic acids is 1. The van der Waals surface area contributed by atoms with E-state index in [9.17, 15) is 10.1 Å². The predicted octanol–water partition coefficient (Wildman–Crippen LogP) is 3.50. The van der Waals surface area contributed by atoms with Gasteiger partial charge in [0.25, 0.3) is 0 Å². The maximum atomic E-state index is 11.7. The van der Waals surface area contributed by atoms with Crippen molar-refractivity contribution >= 4 is 23.3 Å². The summed E-state index contributed by atoms with van der Waals surface area (Å²) in [5, 5.41) is 24.2. The average Bonchev–Trinajstić information content (AvgIpc) is 2.56. The monoisotopic (exact) mass is 343 g/mol. The summed E-state index contributed by atoms with van der Waals surface area (Å²) in [4.78, 5) is 11.7. The minimum atomic E-state index is -0.621. The molecule has 2 aromatic rings. The summed E-state index contributed by atoms with van der Waals surface area (Å²) in [6, 6.07) is 16.2. The molecule has 2 amide bonds. The highest BCUT2D eigenvalue weighted by Crippen LogP contribution is 2.31. The molecule has 0 aromatic heterocycles. The fourth-order valence-corrected chi connectivity index (χ4v) is 2.51. The molecule has 2 aromatic carbocycles. The molecule has 0 saturated carbocycles. The number of benzene rings is 2. The van der Waals surface area contributed by atoms with E-state index in [4.69, 9.17) is 16.7 Å². The number of nitriles is 1. The highest BCUT2D eigenvalue weighted by molar-refractivity contribution is 6.31. The van der Waals surface area contributed by atoms with Crippen LogP contribution in [0.15, 0.2) is 48.5 Å². The lowest BCUT2D eigenvalue weighted by Crippen LogP contribution is -2.34. The van der Waals surface area contributed by atoms with Gasteiger partial charge in [0.1, 0.15) is 0 Å². The Kier molecular flexibility index (Phi) is 6.19. The van der Waals surface area contributed by atoms with Crippen LogP contribution in [-0.2, 0) is 0 Å². The molecule has 6 heteroatoms. The second-order valence-corrected chi connectivity index (χ2v) is 5.80. The first kappa shape index (κ1) is 17.8. The van der Waals surface area contributed by atoms with Gasteiger partial charge in [0.15, 0.2) is 0 Å². The zero-order valence-electron chi connectivity index (χ0n) is 13.2. The average molecular weight is 344 g/mol. The summed E-state index contributed by atoms with van der Waals surface area (Å²) >= 11 is 6.30. The number of rotatable bonds is 5. The van der Waals surface area contributed by atoms with Crippen molar-refractivity contribution in [2.24, 2.45) is 0 Å². The molecule has 0 aliphatic rings. The van der Waals surface area contributed by atoms with E-state index in [2.05, 4.69) is 16.7 Å². The van der Waals surface area contributed by atoms with Crippen molar-refractivity contribution < 1.29 is 9.90 Å². The van der Waals surface area contributed by atoms with Crippen molar-refractivity contribution in [1.82, 2.24) is 5.32 Å². The van der Waals surface area contributed by atoms with Crippen molar-refractivity contribution in [2.75, 3.05) is 11.9 Å². The molecule has 0 heterocycles. The van der Waals surface area contributed by atoms with Gasteiger partial charge in [-0.1, -0.05) is 48.0 Å². The summed E-state index contributed by atoms with van der Waals surface area (Å²) in [6.45, 7) is 1.74. The minimum Gasteiger partial charge on any atom is -0.392 e. The topological polar surface area (TPSA) is 85.2 Å². The zero-order chi connectivity index (χ0) is 17.5. The second-order valence-electron chi connectivity index (χ2n) is 5.39. The van der Waals surface area contributed by atoms with Crippen molar-refractivity contribution in [3.8, 4) is 6.07 Å². The summed E-state index contributed by atoms with van der Waals surface area (Å²) in [6.07, 6.45) is -0.621. The zero-order valence-corrected chi connectivity index (χ0v) is 13.9. The standard InChI is InChI=1S/C18H18ClN3O2/c1-12(23)11-21-18(24)22-14-7-8-15(17(19)9-14)16(10-20)13-5-3-2-4-6-13/h2-9,12,16,23H,11H2,1H3,(H2,21,22,24)/t12-,16+/m0/s1. The Morgan fingerprint density at radius 1 is 1.29 bits per heavy atom. The Morgan fingerprint density at radius 2 is 2.00 bits per heavy atom. The summed E-state index contributed by atoms with van der Waals surface area (Å²) in [5.41, 5.74) is 2.05. The van der Waals surface area contributed by atoms with Crippen LogP contribution in [0.2, 0.25) is 5.02 Å².